The predicted molar refractivity (Wildman–Crippen MR) is 118 cm³/mol. The van der Waals surface area contributed by atoms with Gasteiger partial charge in [-0.05, 0) is 42.0 Å². The fraction of sp³-hybridized carbons (Fsp3) is 0.167. The first-order valence-electron chi connectivity index (χ1n) is 9.92. The van der Waals surface area contributed by atoms with Crippen molar-refractivity contribution < 1.29 is 27.1 Å². The lowest BCUT2D eigenvalue weighted by atomic mass is 10.1. The van der Waals surface area contributed by atoms with Gasteiger partial charge in [0.25, 0.3) is 5.91 Å². The lowest BCUT2D eigenvalue weighted by molar-refractivity contribution is -0.137. The van der Waals surface area contributed by atoms with E-state index in [1.807, 2.05) is 6.07 Å². The first-order valence-corrected chi connectivity index (χ1v) is 10.8. The van der Waals surface area contributed by atoms with Crippen LogP contribution in [-0.2, 0) is 19.3 Å². The molecule has 2 aromatic heterocycles. The molecule has 0 radical (unpaired) electrons. The van der Waals surface area contributed by atoms with E-state index in [0.29, 0.717) is 34.3 Å². The molecular weight excluding hydrogens is 453 g/mol. The number of amides is 1. The summed E-state index contributed by atoms with van der Waals surface area (Å²) < 4.78 is 49.1. The molecule has 0 aliphatic carbocycles. The van der Waals surface area contributed by atoms with Gasteiger partial charge in [0.15, 0.2) is 0 Å². The van der Waals surface area contributed by atoms with Crippen molar-refractivity contribution >= 4 is 17.2 Å². The predicted octanol–water partition coefficient (Wildman–Crippen LogP) is 6.27. The molecule has 1 amide bonds. The van der Waals surface area contributed by atoms with Crippen molar-refractivity contribution in [3.05, 3.63) is 94.9 Å². The zero-order valence-corrected chi connectivity index (χ0v) is 18.3. The Bertz CT molecular complexity index is 1220. The Balaban J connectivity index is 1.40. The Hall–Kier alpha value is -3.59. The molecule has 2 heterocycles. The number of nitrogens with zero attached hydrogens (tertiary/aromatic N) is 2. The number of benzene rings is 2. The lowest BCUT2D eigenvalue weighted by Gasteiger charge is -2.13. The molecule has 0 unspecified atom stereocenters. The molecule has 0 N–H and O–H groups in total. The highest BCUT2D eigenvalue weighted by atomic mass is 32.1. The number of carbonyl (C=O) groups excluding carboxylic acids is 1. The molecule has 2 aromatic carbocycles. The van der Waals surface area contributed by atoms with E-state index in [2.05, 4.69) is 4.98 Å². The summed E-state index contributed by atoms with van der Waals surface area (Å²) >= 11 is 1.34. The molecule has 0 saturated heterocycles. The van der Waals surface area contributed by atoms with Crippen molar-refractivity contribution in [2.24, 2.45) is 0 Å². The van der Waals surface area contributed by atoms with Gasteiger partial charge in [-0.2, -0.15) is 13.2 Å². The second-order valence-electron chi connectivity index (χ2n) is 7.29. The fourth-order valence-electron chi connectivity index (χ4n) is 3.08. The Morgan fingerprint density at radius 3 is 2.61 bits per heavy atom. The topological polar surface area (TPSA) is 55.6 Å². The summed E-state index contributed by atoms with van der Waals surface area (Å²) in [5.41, 5.74) is 1.03. The van der Waals surface area contributed by atoms with E-state index < -0.39 is 11.7 Å². The average molecular weight is 472 g/mol. The van der Waals surface area contributed by atoms with Crippen molar-refractivity contribution in [2.75, 3.05) is 7.05 Å². The van der Waals surface area contributed by atoms with Gasteiger partial charge in [0.05, 0.1) is 18.4 Å². The van der Waals surface area contributed by atoms with Crippen LogP contribution in [0.4, 0.5) is 13.2 Å². The van der Waals surface area contributed by atoms with E-state index in [9.17, 15) is 18.0 Å². The number of furan rings is 1. The molecule has 0 aliphatic heterocycles. The minimum absolute atomic E-state index is 0.126. The van der Waals surface area contributed by atoms with Gasteiger partial charge in [-0.15, -0.1) is 11.3 Å². The lowest BCUT2D eigenvalue weighted by Crippen LogP contribution is -2.26. The summed E-state index contributed by atoms with van der Waals surface area (Å²) in [5, 5.41) is 2.36. The molecule has 0 spiro atoms. The molecule has 0 atom stereocenters. The first-order chi connectivity index (χ1) is 15.8. The largest absolute Gasteiger partial charge is 0.489 e. The molecule has 0 saturated carbocycles. The van der Waals surface area contributed by atoms with Crippen molar-refractivity contribution in [3.63, 3.8) is 0 Å². The number of hydrogen-bond acceptors (Lipinski definition) is 5. The van der Waals surface area contributed by atoms with E-state index in [-0.39, 0.29) is 12.5 Å². The van der Waals surface area contributed by atoms with Crippen LogP contribution in [0.15, 0.2) is 76.7 Å². The van der Waals surface area contributed by atoms with Crippen LogP contribution in [0.2, 0.25) is 0 Å². The molecule has 33 heavy (non-hydrogen) atoms. The fourth-order valence-corrected chi connectivity index (χ4v) is 3.87. The van der Waals surface area contributed by atoms with Crippen LogP contribution >= 0.6 is 11.3 Å². The standard InChI is InChI=1S/C24H19F3N2O3S/c1-29(13-20-6-3-11-31-20)23(30)21-15-33-22(28-21)17-4-2-5-19(12-17)32-14-16-7-9-18(10-8-16)24(25,26)27/h2-12,15H,13-14H2,1H3. The van der Waals surface area contributed by atoms with Crippen LogP contribution in [0.25, 0.3) is 10.6 Å². The SMILES string of the molecule is CN(Cc1ccco1)C(=O)c1csc(-c2cccc(OCc3ccc(C(F)(F)F)cc3)c2)n1. The van der Waals surface area contributed by atoms with Gasteiger partial charge in [-0.1, -0.05) is 24.3 Å². The Morgan fingerprint density at radius 2 is 1.91 bits per heavy atom. The Labute approximate surface area is 192 Å². The second kappa shape index (κ2) is 9.50. The van der Waals surface area contributed by atoms with Gasteiger partial charge in [-0.25, -0.2) is 4.98 Å². The zero-order valence-electron chi connectivity index (χ0n) is 17.5. The molecule has 5 nitrogen and oxygen atoms in total. The number of aromatic nitrogens is 1. The third kappa shape index (κ3) is 5.61. The third-order valence-electron chi connectivity index (χ3n) is 4.81. The van der Waals surface area contributed by atoms with Gasteiger partial charge in [0.2, 0.25) is 0 Å². The summed E-state index contributed by atoms with van der Waals surface area (Å²) in [5.74, 6) is 1.01. The number of thiazole rings is 1. The highest BCUT2D eigenvalue weighted by Crippen LogP contribution is 2.30. The highest BCUT2D eigenvalue weighted by molar-refractivity contribution is 7.13. The van der Waals surface area contributed by atoms with Crippen molar-refractivity contribution in [3.8, 4) is 16.3 Å². The summed E-state index contributed by atoms with van der Waals surface area (Å²) in [6, 6.07) is 15.6. The summed E-state index contributed by atoms with van der Waals surface area (Å²) in [7, 11) is 1.68. The third-order valence-corrected chi connectivity index (χ3v) is 5.70. The minimum atomic E-state index is -4.37. The molecule has 4 aromatic rings. The van der Waals surface area contributed by atoms with E-state index in [4.69, 9.17) is 9.15 Å². The first kappa shape index (κ1) is 22.6. The van der Waals surface area contributed by atoms with Crippen LogP contribution in [0.1, 0.15) is 27.4 Å². The highest BCUT2D eigenvalue weighted by Gasteiger charge is 2.29. The molecule has 0 aliphatic rings. The number of rotatable bonds is 7. The quantitative estimate of drug-likeness (QED) is 0.318. The number of alkyl halides is 3. The maximum absolute atomic E-state index is 12.7. The summed E-state index contributed by atoms with van der Waals surface area (Å²) in [4.78, 5) is 18.6. The smallest absolute Gasteiger partial charge is 0.416 e. The number of ether oxygens (including phenoxy) is 1. The average Bonchev–Trinajstić information content (AvgIpc) is 3.49. The number of carbonyl (C=O) groups is 1. The Kier molecular flexibility index (Phi) is 6.50. The molecule has 4 rings (SSSR count). The van der Waals surface area contributed by atoms with Crippen LogP contribution in [0.3, 0.4) is 0 Å². The van der Waals surface area contributed by atoms with Crippen LogP contribution in [0.5, 0.6) is 5.75 Å². The maximum atomic E-state index is 12.7. The van der Waals surface area contributed by atoms with Crippen molar-refractivity contribution in [1.29, 1.82) is 0 Å². The van der Waals surface area contributed by atoms with E-state index in [0.717, 1.165) is 17.7 Å². The van der Waals surface area contributed by atoms with E-state index in [1.165, 1.54) is 28.4 Å². The normalized spacial score (nSPS) is 11.4. The van der Waals surface area contributed by atoms with Crippen molar-refractivity contribution in [1.82, 2.24) is 9.88 Å². The Morgan fingerprint density at radius 1 is 1.12 bits per heavy atom. The maximum Gasteiger partial charge on any atom is 0.416 e. The van der Waals surface area contributed by atoms with Gasteiger partial charge in [0.1, 0.15) is 28.8 Å². The summed E-state index contributed by atoms with van der Waals surface area (Å²) in [6.07, 6.45) is -2.81. The number of halogens is 3. The van der Waals surface area contributed by atoms with Gasteiger partial charge >= 0.3 is 6.18 Å². The summed E-state index contributed by atoms with van der Waals surface area (Å²) in [6.45, 7) is 0.465. The second-order valence-corrected chi connectivity index (χ2v) is 8.15. The number of hydrogen-bond donors (Lipinski definition) is 0. The molecular formula is C24H19F3N2O3S. The van der Waals surface area contributed by atoms with Crippen LogP contribution in [0, 0.1) is 0 Å². The zero-order chi connectivity index (χ0) is 23.4. The molecule has 9 heteroatoms. The van der Waals surface area contributed by atoms with Gasteiger partial charge in [0, 0.05) is 18.0 Å². The van der Waals surface area contributed by atoms with Gasteiger partial charge < -0.3 is 14.1 Å². The molecule has 0 fully saturated rings. The molecule has 170 valence electrons. The minimum Gasteiger partial charge on any atom is -0.489 e. The van der Waals surface area contributed by atoms with Crippen molar-refractivity contribution in [2.45, 2.75) is 19.3 Å². The van der Waals surface area contributed by atoms with Crippen LogP contribution in [-0.4, -0.2) is 22.8 Å². The monoisotopic (exact) mass is 472 g/mol. The van der Waals surface area contributed by atoms with Crippen LogP contribution < -0.4 is 4.74 Å². The van der Waals surface area contributed by atoms with Gasteiger partial charge in [-0.3, -0.25) is 4.79 Å². The van der Waals surface area contributed by atoms with E-state index >= 15 is 0 Å². The molecule has 0 bridgehead atoms. The van der Waals surface area contributed by atoms with E-state index in [1.54, 1.807) is 49.0 Å².